The van der Waals surface area contributed by atoms with Crippen molar-refractivity contribution in [2.75, 3.05) is 6.61 Å². The van der Waals surface area contributed by atoms with Crippen molar-refractivity contribution in [3.63, 3.8) is 0 Å². The zero-order chi connectivity index (χ0) is 16.9. The van der Waals surface area contributed by atoms with Gasteiger partial charge in [0.1, 0.15) is 15.9 Å². The van der Waals surface area contributed by atoms with E-state index in [1.165, 1.54) is 6.07 Å². The topological polar surface area (TPSA) is 66.4 Å². The summed E-state index contributed by atoms with van der Waals surface area (Å²) < 4.78 is 39.4. The summed E-state index contributed by atoms with van der Waals surface area (Å²) in [6, 6.07) is 12.7. The van der Waals surface area contributed by atoms with Gasteiger partial charge in [-0.25, -0.2) is 8.42 Å². The first-order valence-corrected chi connectivity index (χ1v) is 9.08. The average Bonchev–Trinajstić information content (AvgIpc) is 2.48. The largest absolute Gasteiger partial charge is 0.744 e. The second-order valence-corrected chi connectivity index (χ2v) is 6.84. The Kier molecular flexibility index (Phi) is 5.80. The van der Waals surface area contributed by atoms with E-state index in [0.717, 1.165) is 29.7 Å². The predicted octanol–water partition coefficient (Wildman–Crippen LogP) is 3.47. The van der Waals surface area contributed by atoms with E-state index < -0.39 is 10.1 Å². The predicted molar refractivity (Wildman–Crippen MR) is 88.8 cm³/mol. The van der Waals surface area contributed by atoms with E-state index in [1.54, 1.807) is 12.1 Å². The van der Waals surface area contributed by atoms with Crippen LogP contribution in [0.25, 0.3) is 0 Å². The highest BCUT2D eigenvalue weighted by molar-refractivity contribution is 7.85. The fraction of sp³-hybridized carbons (Fsp3) is 0.333. The van der Waals surface area contributed by atoms with Crippen molar-refractivity contribution in [2.45, 2.75) is 38.0 Å². The van der Waals surface area contributed by atoms with E-state index in [0.29, 0.717) is 18.6 Å². The van der Waals surface area contributed by atoms with Crippen LogP contribution in [0.4, 0.5) is 0 Å². The Bertz CT molecular complexity index is 749. The van der Waals surface area contributed by atoms with Gasteiger partial charge < -0.3 is 9.29 Å². The van der Waals surface area contributed by atoms with Crippen molar-refractivity contribution < 1.29 is 17.7 Å². The van der Waals surface area contributed by atoms with Crippen LogP contribution in [0.15, 0.2) is 47.4 Å². The van der Waals surface area contributed by atoms with Crippen LogP contribution in [0.1, 0.15) is 30.0 Å². The highest BCUT2D eigenvalue weighted by Crippen LogP contribution is 2.20. The molecule has 0 heterocycles. The van der Waals surface area contributed by atoms with E-state index in [-0.39, 0.29) is 4.90 Å². The van der Waals surface area contributed by atoms with E-state index in [9.17, 15) is 13.0 Å². The SMILES string of the molecule is CCOc1ccc(CCCc2cc(C)ccc2S(=O)(=O)[O-])cc1. The highest BCUT2D eigenvalue weighted by atomic mass is 32.2. The molecule has 0 fully saturated rings. The fourth-order valence-corrected chi connectivity index (χ4v) is 3.27. The Morgan fingerprint density at radius 2 is 1.74 bits per heavy atom. The van der Waals surface area contributed by atoms with Crippen LogP contribution in [0.5, 0.6) is 5.75 Å². The second kappa shape index (κ2) is 7.62. The number of hydrogen-bond acceptors (Lipinski definition) is 4. The molecule has 0 saturated heterocycles. The summed E-state index contributed by atoms with van der Waals surface area (Å²) in [4.78, 5) is -0.102. The Morgan fingerprint density at radius 1 is 1.04 bits per heavy atom. The number of ether oxygens (including phenoxy) is 1. The minimum Gasteiger partial charge on any atom is -0.744 e. The minimum atomic E-state index is -4.42. The van der Waals surface area contributed by atoms with Gasteiger partial charge in [-0.3, -0.25) is 0 Å². The molecule has 0 unspecified atom stereocenters. The lowest BCUT2D eigenvalue weighted by Gasteiger charge is -2.14. The Hall–Kier alpha value is -1.85. The molecule has 124 valence electrons. The molecule has 2 aromatic carbocycles. The first-order chi connectivity index (χ1) is 10.9. The summed E-state index contributed by atoms with van der Waals surface area (Å²) in [7, 11) is -4.42. The van der Waals surface area contributed by atoms with Crippen LogP contribution in [-0.4, -0.2) is 19.6 Å². The third-order valence-electron chi connectivity index (χ3n) is 3.63. The number of benzene rings is 2. The Morgan fingerprint density at radius 3 is 2.35 bits per heavy atom. The quantitative estimate of drug-likeness (QED) is 0.728. The van der Waals surface area contributed by atoms with Gasteiger partial charge in [0, 0.05) is 0 Å². The number of hydrogen-bond donors (Lipinski definition) is 0. The smallest absolute Gasteiger partial charge is 0.124 e. The van der Waals surface area contributed by atoms with Crippen molar-refractivity contribution in [1.29, 1.82) is 0 Å². The van der Waals surface area contributed by atoms with Gasteiger partial charge in [-0.05, 0) is 62.4 Å². The van der Waals surface area contributed by atoms with Gasteiger partial charge in [0.25, 0.3) is 0 Å². The molecular formula is C18H21O4S-. The van der Waals surface area contributed by atoms with Gasteiger partial charge in [-0.1, -0.05) is 29.8 Å². The first-order valence-electron chi connectivity index (χ1n) is 7.67. The average molecular weight is 333 g/mol. The summed E-state index contributed by atoms with van der Waals surface area (Å²) in [5, 5.41) is 0. The molecular weight excluding hydrogens is 312 g/mol. The van der Waals surface area contributed by atoms with Crippen LogP contribution in [0.3, 0.4) is 0 Å². The van der Waals surface area contributed by atoms with Crippen molar-refractivity contribution in [1.82, 2.24) is 0 Å². The second-order valence-electron chi connectivity index (χ2n) is 5.50. The fourth-order valence-electron chi connectivity index (χ4n) is 2.55. The molecule has 5 heteroatoms. The lowest BCUT2D eigenvalue weighted by Crippen LogP contribution is -2.04. The van der Waals surface area contributed by atoms with Crippen LogP contribution < -0.4 is 4.74 Å². The summed E-state index contributed by atoms with van der Waals surface area (Å²) in [5.74, 6) is 0.842. The summed E-state index contributed by atoms with van der Waals surface area (Å²) in [6.07, 6.45) is 2.16. The number of aryl methyl sites for hydroxylation is 3. The van der Waals surface area contributed by atoms with E-state index >= 15 is 0 Å². The van der Waals surface area contributed by atoms with Gasteiger partial charge in [0.05, 0.1) is 11.5 Å². The van der Waals surface area contributed by atoms with E-state index in [1.807, 2.05) is 38.1 Å². The van der Waals surface area contributed by atoms with Gasteiger partial charge in [-0.15, -0.1) is 0 Å². The Balaban J connectivity index is 2.02. The maximum Gasteiger partial charge on any atom is 0.124 e. The molecule has 0 bridgehead atoms. The van der Waals surface area contributed by atoms with Gasteiger partial charge in [-0.2, -0.15) is 0 Å². The minimum absolute atomic E-state index is 0.102. The molecule has 0 saturated carbocycles. The zero-order valence-corrected chi connectivity index (χ0v) is 14.2. The molecule has 0 aliphatic rings. The van der Waals surface area contributed by atoms with Crippen LogP contribution in [0.2, 0.25) is 0 Å². The van der Waals surface area contributed by atoms with Gasteiger partial charge >= 0.3 is 0 Å². The molecule has 0 aliphatic carbocycles. The first kappa shape index (κ1) is 17.5. The van der Waals surface area contributed by atoms with E-state index in [2.05, 4.69) is 0 Å². The van der Waals surface area contributed by atoms with Crippen molar-refractivity contribution >= 4 is 10.1 Å². The summed E-state index contributed by atoms with van der Waals surface area (Å²) in [5.41, 5.74) is 2.71. The molecule has 4 nitrogen and oxygen atoms in total. The lowest BCUT2D eigenvalue weighted by atomic mass is 10.0. The lowest BCUT2D eigenvalue weighted by molar-refractivity contribution is 0.340. The molecule has 0 atom stereocenters. The van der Waals surface area contributed by atoms with Crippen LogP contribution in [-0.2, 0) is 23.0 Å². The molecule has 23 heavy (non-hydrogen) atoms. The normalized spacial score (nSPS) is 11.4. The van der Waals surface area contributed by atoms with Crippen molar-refractivity contribution in [3.8, 4) is 5.75 Å². The van der Waals surface area contributed by atoms with Crippen LogP contribution >= 0.6 is 0 Å². The molecule has 0 amide bonds. The van der Waals surface area contributed by atoms with Gasteiger partial charge in [0.15, 0.2) is 0 Å². The monoisotopic (exact) mass is 333 g/mol. The standard InChI is InChI=1S/C18H22O4S/c1-3-22-17-10-8-15(9-11-17)5-4-6-16-13-14(2)7-12-18(16)23(19,20)21/h7-13H,3-6H2,1-2H3,(H,19,20,21)/p-1. The summed E-state index contributed by atoms with van der Waals surface area (Å²) >= 11 is 0. The Labute approximate surface area is 137 Å². The molecule has 0 N–H and O–H groups in total. The van der Waals surface area contributed by atoms with Crippen LogP contribution in [0, 0.1) is 6.92 Å². The highest BCUT2D eigenvalue weighted by Gasteiger charge is 2.09. The van der Waals surface area contributed by atoms with Gasteiger partial charge in [0.2, 0.25) is 0 Å². The third-order valence-corrected chi connectivity index (χ3v) is 4.57. The maximum absolute atomic E-state index is 11.3. The zero-order valence-electron chi connectivity index (χ0n) is 13.4. The van der Waals surface area contributed by atoms with Crippen molar-refractivity contribution in [2.24, 2.45) is 0 Å². The summed E-state index contributed by atoms with van der Waals surface area (Å²) in [6.45, 7) is 4.47. The molecule has 0 aromatic heterocycles. The molecule has 0 radical (unpaired) electrons. The van der Waals surface area contributed by atoms with Crippen molar-refractivity contribution in [3.05, 3.63) is 59.2 Å². The maximum atomic E-state index is 11.3. The molecule has 2 rings (SSSR count). The molecule has 0 spiro atoms. The van der Waals surface area contributed by atoms with E-state index in [4.69, 9.17) is 4.74 Å². The molecule has 0 aliphatic heterocycles. The molecule has 2 aromatic rings. The third kappa shape index (κ3) is 5.08. The number of rotatable bonds is 7.